The van der Waals surface area contributed by atoms with Gasteiger partial charge in [0.2, 0.25) is 0 Å². The monoisotopic (exact) mass is 217 g/mol. The summed E-state index contributed by atoms with van der Waals surface area (Å²) in [7, 11) is 1.89. The average Bonchev–Trinajstić information content (AvgIpc) is 2.13. The van der Waals surface area contributed by atoms with E-state index in [4.69, 9.17) is 10.5 Å². The number of rotatable bonds is 1. The topological polar surface area (TPSA) is 35.2 Å². The molecule has 4 rings (SSSR count). The van der Waals surface area contributed by atoms with Crippen molar-refractivity contribution in [3.8, 4) is 0 Å². The van der Waals surface area contributed by atoms with E-state index in [9.17, 15) is 0 Å². The largest absolute Gasteiger partial charge is 0.378 e. The number of hydrogen-bond donors (Lipinski definition) is 1. The lowest BCUT2D eigenvalue weighted by atomic mass is 9.52. The van der Waals surface area contributed by atoms with Crippen molar-refractivity contribution in [1.82, 2.24) is 0 Å². The van der Waals surface area contributed by atoms with Gasteiger partial charge in [0, 0.05) is 13.2 Å². The lowest BCUT2D eigenvalue weighted by Crippen LogP contribution is -2.60. The molecule has 2 N–H and O–H groups in total. The zero-order chi connectivity index (χ0) is 9.05. The first kappa shape index (κ1) is 10.7. The highest BCUT2D eigenvalue weighted by Crippen LogP contribution is 2.56. The Morgan fingerprint density at radius 2 is 1.71 bits per heavy atom. The third-order valence-corrected chi connectivity index (χ3v) is 4.72. The molecule has 0 spiro atoms. The van der Waals surface area contributed by atoms with Crippen molar-refractivity contribution in [1.29, 1.82) is 0 Å². The molecule has 4 saturated carbocycles. The zero-order valence-electron chi connectivity index (χ0n) is 8.74. The van der Waals surface area contributed by atoms with Gasteiger partial charge in [-0.05, 0) is 49.9 Å². The minimum absolute atomic E-state index is 0. The minimum atomic E-state index is 0. The molecule has 4 bridgehead atoms. The van der Waals surface area contributed by atoms with E-state index < -0.39 is 0 Å². The van der Waals surface area contributed by atoms with Crippen LogP contribution in [0.3, 0.4) is 0 Å². The molecule has 4 fully saturated rings. The van der Waals surface area contributed by atoms with Crippen LogP contribution in [0.25, 0.3) is 0 Å². The molecule has 0 aliphatic heterocycles. The molecule has 0 saturated heterocycles. The van der Waals surface area contributed by atoms with Crippen LogP contribution in [0.15, 0.2) is 0 Å². The van der Waals surface area contributed by atoms with Crippen LogP contribution >= 0.6 is 12.4 Å². The number of ether oxygens (including phenoxy) is 1. The normalized spacial score (nSPS) is 54.4. The Kier molecular flexibility index (Phi) is 2.57. The highest BCUT2D eigenvalue weighted by Gasteiger charge is 2.54. The second kappa shape index (κ2) is 3.36. The first-order chi connectivity index (χ1) is 6.22. The van der Waals surface area contributed by atoms with Crippen LogP contribution in [0, 0.1) is 17.8 Å². The number of halogens is 1. The molecule has 0 amide bonds. The molecule has 0 aromatic heterocycles. The first-order valence-electron chi connectivity index (χ1n) is 5.53. The van der Waals surface area contributed by atoms with Crippen molar-refractivity contribution in [3.63, 3.8) is 0 Å². The van der Waals surface area contributed by atoms with Gasteiger partial charge in [-0.2, -0.15) is 0 Å². The van der Waals surface area contributed by atoms with Crippen LogP contribution in [-0.4, -0.2) is 18.8 Å². The zero-order valence-corrected chi connectivity index (χ0v) is 9.56. The van der Waals surface area contributed by atoms with E-state index in [1.807, 2.05) is 7.11 Å². The van der Waals surface area contributed by atoms with Gasteiger partial charge in [-0.25, -0.2) is 0 Å². The summed E-state index contributed by atoms with van der Waals surface area (Å²) in [5.41, 5.74) is 6.47. The van der Waals surface area contributed by atoms with E-state index in [2.05, 4.69) is 0 Å². The van der Waals surface area contributed by atoms with Crippen molar-refractivity contribution in [3.05, 3.63) is 0 Å². The van der Waals surface area contributed by atoms with Gasteiger partial charge in [-0.1, -0.05) is 0 Å². The highest BCUT2D eigenvalue weighted by molar-refractivity contribution is 5.85. The van der Waals surface area contributed by atoms with Gasteiger partial charge in [0.15, 0.2) is 0 Å². The van der Waals surface area contributed by atoms with Crippen LogP contribution < -0.4 is 5.73 Å². The molecule has 0 aromatic rings. The van der Waals surface area contributed by atoms with E-state index in [0.29, 0.717) is 6.04 Å². The molecule has 2 atom stereocenters. The van der Waals surface area contributed by atoms with Crippen LogP contribution in [0.2, 0.25) is 0 Å². The average molecular weight is 218 g/mol. The molecule has 82 valence electrons. The van der Waals surface area contributed by atoms with Crippen LogP contribution in [-0.2, 0) is 4.74 Å². The molecule has 0 radical (unpaired) electrons. The predicted octanol–water partition coefficient (Wildman–Crippen LogP) is 1.96. The number of hydrogen-bond acceptors (Lipinski definition) is 2. The number of nitrogens with two attached hydrogens (primary N) is 1. The highest BCUT2D eigenvalue weighted by atomic mass is 35.5. The maximum atomic E-state index is 6.23. The van der Waals surface area contributed by atoms with Crippen molar-refractivity contribution >= 4 is 12.4 Å². The Morgan fingerprint density at radius 1 is 1.14 bits per heavy atom. The molecule has 3 heteroatoms. The predicted molar refractivity (Wildman–Crippen MR) is 58.5 cm³/mol. The maximum Gasteiger partial charge on any atom is 0.0687 e. The van der Waals surface area contributed by atoms with Gasteiger partial charge in [0.25, 0.3) is 0 Å². The standard InChI is InChI=1S/C11H19NO.ClH/c1-13-11-4-7-2-8(5-11)10(12)9(3-7)6-11;/h7-10H,2-6,12H2,1H3;1H. The summed E-state index contributed by atoms with van der Waals surface area (Å²) in [6, 6.07) is 0.486. The van der Waals surface area contributed by atoms with Gasteiger partial charge in [-0.3, -0.25) is 0 Å². The van der Waals surface area contributed by atoms with Gasteiger partial charge in [0.05, 0.1) is 5.60 Å². The lowest BCUT2D eigenvalue weighted by molar-refractivity contribution is -0.152. The molecule has 0 heterocycles. The second-order valence-electron chi connectivity index (χ2n) is 5.43. The summed E-state index contributed by atoms with van der Waals surface area (Å²) >= 11 is 0. The fourth-order valence-electron chi connectivity index (χ4n) is 4.24. The van der Waals surface area contributed by atoms with E-state index in [0.717, 1.165) is 17.8 Å². The maximum absolute atomic E-state index is 6.23. The molecule has 2 nitrogen and oxygen atoms in total. The minimum Gasteiger partial charge on any atom is -0.378 e. The van der Waals surface area contributed by atoms with E-state index in [1.54, 1.807) is 0 Å². The van der Waals surface area contributed by atoms with Gasteiger partial charge in [-0.15, -0.1) is 12.4 Å². The van der Waals surface area contributed by atoms with Crippen LogP contribution in [0.5, 0.6) is 0 Å². The molecular formula is C11H20ClNO. The lowest BCUT2D eigenvalue weighted by Gasteiger charge is -2.58. The second-order valence-corrected chi connectivity index (χ2v) is 5.43. The van der Waals surface area contributed by atoms with Crippen LogP contribution in [0.1, 0.15) is 32.1 Å². The molecule has 0 aromatic carbocycles. The van der Waals surface area contributed by atoms with Crippen molar-refractivity contribution in [2.75, 3.05) is 7.11 Å². The van der Waals surface area contributed by atoms with Gasteiger partial charge in [0.1, 0.15) is 0 Å². The molecule has 4 aliphatic carbocycles. The molecule has 14 heavy (non-hydrogen) atoms. The number of methoxy groups -OCH3 is 1. The van der Waals surface area contributed by atoms with Gasteiger partial charge < -0.3 is 10.5 Å². The third-order valence-electron chi connectivity index (χ3n) is 4.72. The van der Waals surface area contributed by atoms with E-state index >= 15 is 0 Å². The Morgan fingerprint density at radius 3 is 2.21 bits per heavy atom. The Hall–Kier alpha value is 0.210. The van der Waals surface area contributed by atoms with Crippen LogP contribution in [0.4, 0.5) is 0 Å². The fraction of sp³-hybridized carbons (Fsp3) is 1.00. The Balaban J connectivity index is 0.000000750. The Labute approximate surface area is 92.0 Å². The van der Waals surface area contributed by atoms with Crippen molar-refractivity contribution < 1.29 is 4.74 Å². The summed E-state index contributed by atoms with van der Waals surface area (Å²) in [6.45, 7) is 0. The van der Waals surface area contributed by atoms with Gasteiger partial charge >= 0.3 is 0 Å². The quantitative estimate of drug-likeness (QED) is 0.729. The summed E-state index contributed by atoms with van der Waals surface area (Å²) in [5, 5.41) is 0. The molecule has 2 unspecified atom stereocenters. The van der Waals surface area contributed by atoms with E-state index in [-0.39, 0.29) is 18.0 Å². The molecule has 4 aliphatic rings. The van der Waals surface area contributed by atoms with Crippen molar-refractivity contribution in [2.45, 2.75) is 43.7 Å². The Bertz CT molecular complexity index is 217. The SMILES string of the molecule is COC12CC3CC(C1)C(N)C(C3)C2.Cl. The summed E-state index contributed by atoms with van der Waals surface area (Å²) in [4.78, 5) is 0. The van der Waals surface area contributed by atoms with Crippen molar-refractivity contribution in [2.24, 2.45) is 23.5 Å². The summed E-state index contributed by atoms with van der Waals surface area (Å²) in [6.07, 6.45) is 6.53. The fourth-order valence-corrected chi connectivity index (χ4v) is 4.24. The first-order valence-corrected chi connectivity index (χ1v) is 5.53. The smallest absolute Gasteiger partial charge is 0.0687 e. The summed E-state index contributed by atoms with van der Waals surface area (Å²) < 4.78 is 5.74. The third kappa shape index (κ3) is 1.31. The molecular weight excluding hydrogens is 198 g/mol. The van der Waals surface area contributed by atoms with E-state index in [1.165, 1.54) is 32.1 Å². The summed E-state index contributed by atoms with van der Waals surface area (Å²) in [5.74, 6) is 2.47.